The Morgan fingerprint density at radius 1 is 1.14 bits per heavy atom. The summed E-state index contributed by atoms with van der Waals surface area (Å²) in [6, 6.07) is 7.80. The zero-order valence-electron chi connectivity index (χ0n) is 19.2. The van der Waals surface area contributed by atoms with Gasteiger partial charge in [0.1, 0.15) is 6.04 Å². The highest BCUT2D eigenvalue weighted by Crippen LogP contribution is 2.52. The Morgan fingerprint density at radius 2 is 1.89 bits per heavy atom. The minimum Gasteiger partial charge on any atom is -0.467 e. The molecule has 184 valence electrons. The van der Waals surface area contributed by atoms with Crippen molar-refractivity contribution >= 4 is 17.8 Å². The van der Waals surface area contributed by atoms with Gasteiger partial charge in [0, 0.05) is 23.1 Å². The average Bonchev–Trinajstić information content (AvgIpc) is 3.53. The molecule has 0 bridgehead atoms. The number of hydrogen-bond acceptors (Lipinski definition) is 6. The lowest BCUT2D eigenvalue weighted by Crippen LogP contribution is -2.46. The molecule has 3 aliphatic rings. The number of rotatable bonds is 4. The monoisotopic (exact) mass is 486 g/mol. The summed E-state index contributed by atoms with van der Waals surface area (Å²) >= 11 is 0. The van der Waals surface area contributed by atoms with Crippen LogP contribution < -0.4 is 5.32 Å². The van der Waals surface area contributed by atoms with E-state index >= 15 is 0 Å². The van der Waals surface area contributed by atoms with Gasteiger partial charge in [0.05, 0.1) is 33.4 Å². The summed E-state index contributed by atoms with van der Waals surface area (Å²) in [6.45, 7) is 2.09. The van der Waals surface area contributed by atoms with Crippen LogP contribution in [0.4, 0.5) is 8.78 Å². The van der Waals surface area contributed by atoms with Gasteiger partial charge in [0.25, 0.3) is 11.8 Å². The molecule has 1 atom stereocenters. The molecule has 0 unspecified atom stereocenters. The number of amides is 2. The van der Waals surface area contributed by atoms with Crippen molar-refractivity contribution in [2.24, 2.45) is 0 Å². The molecule has 0 aromatic heterocycles. The van der Waals surface area contributed by atoms with E-state index in [0.29, 0.717) is 29.9 Å². The topological polar surface area (TPSA) is 94.2 Å². The smallest absolute Gasteiger partial charge is 0.328 e. The summed E-state index contributed by atoms with van der Waals surface area (Å²) in [5, 5.41) is 2.53. The van der Waals surface area contributed by atoms with E-state index in [9.17, 15) is 23.2 Å². The van der Waals surface area contributed by atoms with Crippen LogP contribution in [-0.2, 0) is 29.7 Å². The molecule has 35 heavy (non-hydrogen) atoms. The standard InChI is InChI=1S/C25H24F2N2O6/c1-14-4-3-5-18-21(14)16-10-15(6-7-17(16)25(18,26)27)22(31)28-12-20(30)29-13-24(34-8-9-35-24)11-19(29)23(32)33-2/h3-7,10,19H,8-9,11-13H2,1-2H3,(H,28,31)/t19-/m0/s1. The van der Waals surface area contributed by atoms with E-state index in [-0.39, 0.29) is 29.7 Å². The van der Waals surface area contributed by atoms with Crippen molar-refractivity contribution in [1.82, 2.24) is 10.2 Å². The Morgan fingerprint density at radius 3 is 2.60 bits per heavy atom. The predicted molar refractivity (Wildman–Crippen MR) is 119 cm³/mol. The molecule has 2 aliphatic heterocycles. The average molecular weight is 486 g/mol. The molecule has 5 rings (SSSR count). The van der Waals surface area contributed by atoms with E-state index in [0.717, 1.165) is 0 Å². The van der Waals surface area contributed by atoms with Crippen molar-refractivity contribution in [3.05, 3.63) is 58.7 Å². The molecular formula is C25H24F2N2O6. The Labute approximate surface area is 200 Å². The van der Waals surface area contributed by atoms with E-state index in [1.807, 2.05) is 0 Å². The SMILES string of the molecule is COC(=O)[C@@H]1CC2(CN1C(=O)CNC(=O)c1ccc3c(c1)-c1c(C)cccc1C3(F)F)OCCO2. The van der Waals surface area contributed by atoms with E-state index in [2.05, 4.69) is 5.32 Å². The third-order valence-electron chi connectivity index (χ3n) is 6.80. The van der Waals surface area contributed by atoms with Crippen LogP contribution in [0.25, 0.3) is 11.1 Å². The van der Waals surface area contributed by atoms with Gasteiger partial charge in [-0.25, -0.2) is 4.79 Å². The number of esters is 1. The van der Waals surface area contributed by atoms with Crippen LogP contribution in [0.2, 0.25) is 0 Å². The molecule has 1 spiro atoms. The third kappa shape index (κ3) is 3.77. The van der Waals surface area contributed by atoms with Gasteiger partial charge in [-0.05, 0) is 35.7 Å². The van der Waals surface area contributed by atoms with Crippen LogP contribution in [-0.4, -0.2) is 67.9 Å². The van der Waals surface area contributed by atoms with Crippen molar-refractivity contribution < 1.29 is 37.4 Å². The lowest BCUT2D eigenvalue weighted by Gasteiger charge is -2.23. The van der Waals surface area contributed by atoms with Crippen LogP contribution in [0.3, 0.4) is 0 Å². The zero-order chi connectivity index (χ0) is 25.0. The Bertz CT molecular complexity index is 1220. The predicted octanol–water partition coefficient (Wildman–Crippen LogP) is 2.36. The zero-order valence-corrected chi connectivity index (χ0v) is 19.2. The van der Waals surface area contributed by atoms with Crippen LogP contribution in [0.15, 0.2) is 36.4 Å². The van der Waals surface area contributed by atoms with Crippen LogP contribution in [0.1, 0.15) is 33.5 Å². The molecule has 2 fully saturated rings. The Hall–Kier alpha value is -3.37. The molecule has 2 heterocycles. The van der Waals surface area contributed by atoms with Gasteiger partial charge in [0.2, 0.25) is 5.91 Å². The number of halogens is 2. The second kappa shape index (κ2) is 8.39. The molecule has 10 heteroatoms. The maximum atomic E-state index is 14.9. The number of fused-ring (bicyclic) bond motifs is 3. The van der Waals surface area contributed by atoms with Gasteiger partial charge in [-0.1, -0.05) is 24.3 Å². The van der Waals surface area contributed by atoms with Crippen molar-refractivity contribution in [3.63, 3.8) is 0 Å². The van der Waals surface area contributed by atoms with Crippen molar-refractivity contribution in [3.8, 4) is 11.1 Å². The number of benzene rings is 2. The van der Waals surface area contributed by atoms with Gasteiger partial charge in [-0.2, -0.15) is 8.78 Å². The second-order valence-corrected chi connectivity index (χ2v) is 8.89. The number of carbonyl (C=O) groups excluding carboxylic acids is 3. The lowest BCUT2D eigenvalue weighted by atomic mass is 9.99. The number of aryl methyl sites for hydroxylation is 1. The lowest BCUT2D eigenvalue weighted by molar-refractivity contribution is -0.152. The summed E-state index contributed by atoms with van der Waals surface area (Å²) in [6.07, 6.45) is 0.136. The van der Waals surface area contributed by atoms with Gasteiger partial charge < -0.3 is 24.4 Å². The number of nitrogens with one attached hydrogen (secondary N) is 1. The first-order valence-corrected chi connectivity index (χ1v) is 11.2. The second-order valence-electron chi connectivity index (χ2n) is 8.89. The third-order valence-corrected chi connectivity index (χ3v) is 6.80. The van der Waals surface area contributed by atoms with E-state index in [4.69, 9.17) is 14.2 Å². The minimum atomic E-state index is -3.15. The quantitative estimate of drug-likeness (QED) is 0.667. The number of carbonyl (C=O) groups is 3. The molecule has 2 aromatic carbocycles. The van der Waals surface area contributed by atoms with Gasteiger partial charge in [-0.15, -0.1) is 0 Å². The largest absolute Gasteiger partial charge is 0.467 e. The molecular weight excluding hydrogens is 462 g/mol. The fraction of sp³-hybridized carbons (Fsp3) is 0.400. The van der Waals surface area contributed by atoms with Crippen LogP contribution in [0.5, 0.6) is 0 Å². The molecule has 0 radical (unpaired) electrons. The normalized spacial score (nSPS) is 21.0. The molecule has 2 aromatic rings. The van der Waals surface area contributed by atoms with E-state index < -0.39 is 42.1 Å². The molecule has 1 aliphatic carbocycles. The molecule has 8 nitrogen and oxygen atoms in total. The molecule has 2 saturated heterocycles. The number of ether oxygens (including phenoxy) is 3. The molecule has 1 N–H and O–H groups in total. The fourth-order valence-corrected chi connectivity index (χ4v) is 5.11. The first kappa shape index (κ1) is 23.4. The number of likely N-dealkylation sites (tertiary alicyclic amines) is 1. The first-order chi connectivity index (χ1) is 16.7. The number of alkyl halides is 2. The summed E-state index contributed by atoms with van der Waals surface area (Å²) in [5.74, 6) is -5.92. The van der Waals surface area contributed by atoms with Gasteiger partial charge >= 0.3 is 5.97 Å². The maximum absolute atomic E-state index is 14.9. The highest BCUT2D eigenvalue weighted by molar-refractivity contribution is 5.99. The van der Waals surface area contributed by atoms with Crippen LogP contribution in [0, 0.1) is 6.92 Å². The van der Waals surface area contributed by atoms with Gasteiger partial charge in [0.15, 0.2) is 5.79 Å². The maximum Gasteiger partial charge on any atom is 0.328 e. The number of methoxy groups -OCH3 is 1. The summed E-state index contributed by atoms with van der Waals surface area (Å²) in [5.41, 5.74) is 1.29. The van der Waals surface area contributed by atoms with Crippen LogP contribution >= 0.6 is 0 Å². The van der Waals surface area contributed by atoms with E-state index in [1.165, 1.54) is 36.3 Å². The summed E-state index contributed by atoms with van der Waals surface area (Å²) in [4.78, 5) is 39.3. The molecule has 0 saturated carbocycles. The number of nitrogens with zero attached hydrogens (tertiary/aromatic N) is 1. The van der Waals surface area contributed by atoms with Crippen molar-refractivity contribution in [1.29, 1.82) is 0 Å². The fourth-order valence-electron chi connectivity index (χ4n) is 5.11. The Kier molecular flexibility index (Phi) is 5.60. The highest BCUT2D eigenvalue weighted by Gasteiger charge is 2.53. The summed E-state index contributed by atoms with van der Waals surface area (Å²) in [7, 11) is 1.23. The van der Waals surface area contributed by atoms with Crippen molar-refractivity contribution in [2.75, 3.05) is 33.4 Å². The summed E-state index contributed by atoms with van der Waals surface area (Å²) < 4.78 is 45.9. The number of hydrogen-bond donors (Lipinski definition) is 1. The highest BCUT2D eigenvalue weighted by atomic mass is 19.3. The van der Waals surface area contributed by atoms with Crippen molar-refractivity contribution in [2.45, 2.75) is 31.1 Å². The van der Waals surface area contributed by atoms with E-state index in [1.54, 1.807) is 19.1 Å². The van der Waals surface area contributed by atoms with Gasteiger partial charge in [-0.3, -0.25) is 9.59 Å². The molecule has 2 amide bonds. The minimum absolute atomic E-state index is 0.0332. The Balaban J connectivity index is 1.32. The first-order valence-electron chi connectivity index (χ1n) is 11.2.